The van der Waals surface area contributed by atoms with Crippen molar-refractivity contribution < 1.29 is 26.7 Å². The largest absolute Gasteiger partial charge is 0.418 e. The van der Waals surface area contributed by atoms with E-state index in [4.69, 9.17) is 16.3 Å². The topological polar surface area (TPSA) is 97.1 Å². The minimum Gasteiger partial charge on any atom is -0.398 e. The summed E-state index contributed by atoms with van der Waals surface area (Å²) in [5.74, 6) is -4.19. The molecule has 1 amide bonds. The molecule has 6 nitrogen and oxygen atoms in total. The number of carbonyl (C=O) groups is 1. The standard InChI is InChI=1S/C17H18F5N5O/c1-11(15(28)26(7-5-23)8-6-24)27(10-16(2,18)19)12-3-4-14(25)13(9-12)17(20,21)22/h3-4,9,11H,7-8,10,25H2,1-2H3. The van der Waals surface area contributed by atoms with Crippen LogP contribution in [0.15, 0.2) is 18.2 Å². The van der Waals surface area contributed by atoms with E-state index in [2.05, 4.69) is 0 Å². The molecule has 0 aliphatic rings. The average Bonchev–Trinajstić information content (AvgIpc) is 2.57. The summed E-state index contributed by atoms with van der Waals surface area (Å²) in [5, 5.41) is 17.5. The van der Waals surface area contributed by atoms with Crippen LogP contribution in [0.4, 0.5) is 33.3 Å². The highest BCUT2D eigenvalue weighted by Gasteiger charge is 2.36. The van der Waals surface area contributed by atoms with Gasteiger partial charge in [-0.3, -0.25) is 4.79 Å². The van der Waals surface area contributed by atoms with Gasteiger partial charge < -0.3 is 15.5 Å². The molecule has 1 unspecified atom stereocenters. The van der Waals surface area contributed by atoms with Crippen LogP contribution in [-0.4, -0.2) is 42.4 Å². The highest BCUT2D eigenvalue weighted by Crippen LogP contribution is 2.37. The van der Waals surface area contributed by atoms with Crippen LogP contribution in [0.3, 0.4) is 0 Å². The molecule has 1 aromatic rings. The van der Waals surface area contributed by atoms with E-state index in [1.807, 2.05) is 0 Å². The monoisotopic (exact) mass is 403 g/mol. The van der Waals surface area contributed by atoms with E-state index in [0.29, 0.717) is 13.0 Å². The lowest BCUT2D eigenvalue weighted by Crippen LogP contribution is -2.50. The number of benzene rings is 1. The van der Waals surface area contributed by atoms with Crippen molar-refractivity contribution in [1.29, 1.82) is 10.5 Å². The molecule has 152 valence electrons. The average molecular weight is 403 g/mol. The van der Waals surface area contributed by atoms with Gasteiger partial charge in [-0.25, -0.2) is 8.78 Å². The normalized spacial score (nSPS) is 12.6. The molecular weight excluding hydrogens is 385 g/mol. The highest BCUT2D eigenvalue weighted by atomic mass is 19.4. The van der Waals surface area contributed by atoms with E-state index in [9.17, 15) is 26.7 Å². The summed E-state index contributed by atoms with van der Waals surface area (Å²) < 4.78 is 66.7. The lowest BCUT2D eigenvalue weighted by molar-refractivity contribution is -0.136. The number of halogens is 5. The maximum atomic E-state index is 13.7. The Morgan fingerprint density at radius 3 is 2.14 bits per heavy atom. The van der Waals surface area contributed by atoms with Crippen molar-refractivity contribution in [3.63, 3.8) is 0 Å². The van der Waals surface area contributed by atoms with E-state index in [1.54, 1.807) is 12.1 Å². The van der Waals surface area contributed by atoms with Crippen molar-refractivity contribution in [3.8, 4) is 12.1 Å². The third-order valence-corrected chi connectivity index (χ3v) is 3.78. The van der Waals surface area contributed by atoms with E-state index in [0.717, 1.165) is 21.9 Å². The van der Waals surface area contributed by atoms with Crippen molar-refractivity contribution >= 4 is 17.3 Å². The molecule has 1 aromatic carbocycles. The predicted molar refractivity (Wildman–Crippen MR) is 91.1 cm³/mol. The number of nitriles is 2. The van der Waals surface area contributed by atoms with Crippen molar-refractivity contribution in [3.05, 3.63) is 23.8 Å². The number of carbonyl (C=O) groups excluding carboxylic acids is 1. The summed E-state index contributed by atoms with van der Waals surface area (Å²) in [6.45, 7) is -0.236. The fourth-order valence-electron chi connectivity index (χ4n) is 2.50. The molecule has 0 spiro atoms. The molecule has 0 bridgehead atoms. The minimum absolute atomic E-state index is 0.294. The zero-order valence-corrected chi connectivity index (χ0v) is 15.1. The van der Waals surface area contributed by atoms with Crippen LogP contribution in [0.2, 0.25) is 0 Å². The number of nitrogens with zero attached hydrogens (tertiary/aromatic N) is 4. The van der Waals surface area contributed by atoms with Gasteiger partial charge in [0.15, 0.2) is 0 Å². The van der Waals surface area contributed by atoms with E-state index in [-0.39, 0.29) is 5.69 Å². The SMILES string of the molecule is CC(C(=O)N(CC#N)CC#N)N(CC(C)(F)F)c1ccc(N)c(C(F)(F)F)c1. The third-order valence-electron chi connectivity index (χ3n) is 3.78. The van der Waals surface area contributed by atoms with Crippen LogP contribution in [0.5, 0.6) is 0 Å². The zero-order chi connectivity index (χ0) is 21.7. The Kier molecular flexibility index (Phi) is 7.17. The van der Waals surface area contributed by atoms with Crippen LogP contribution >= 0.6 is 0 Å². The van der Waals surface area contributed by atoms with E-state index < -0.39 is 54.9 Å². The Balaban J connectivity index is 3.40. The Hall–Kier alpha value is -3.08. The number of hydrogen-bond acceptors (Lipinski definition) is 5. The second kappa shape index (κ2) is 8.74. The molecule has 0 aliphatic carbocycles. The van der Waals surface area contributed by atoms with Crippen LogP contribution in [0.1, 0.15) is 19.4 Å². The van der Waals surface area contributed by atoms with Crippen LogP contribution in [-0.2, 0) is 11.0 Å². The molecule has 0 fully saturated rings. The molecule has 0 heterocycles. The van der Waals surface area contributed by atoms with Crippen molar-refractivity contribution in [2.24, 2.45) is 0 Å². The summed E-state index contributed by atoms with van der Waals surface area (Å²) >= 11 is 0. The van der Waals surface area contributed by atoms with E-state index in [1.165, 1.54) is 6.92 Å². The first-order valence-electron chi connectivity index (χ1n) is 7.95. The van der Waals surface area contributed by atoms with Gasteiger partial charge in [0.25, 0.3) is 5.92 Å². The Morgan fingerprint density at radius 2 is 1.71 bits per heavy atom. The summed E-state index contributed by atoms with van der Waals surface area (Å²) in [5.41, 5.74) is 3.23. The highest BCUT2D eigenvalue weighted by molar-refractivity contribution is 5.85. The van der Waals surface area contributed by atoms with Gasteiger partial charge in [-0.2, -0.15) is 23.7 Å². The fraction of sp³-hybridized carbons (Fsp3) is 0.471. The van der Waals surface area contributed by atoms with Crippen LogP contribution in [0, 0.1) is 22.7 Å². The molecule has 28 heavy (non-hydrogen) atoms. The second-order valence-corrected chi connectivity index (χ2v) is 6.15. The first-order chi connectivity index (χ1) is 12.8. The Morgan fingerprint density at radius 1 is 1.18 bits per heavy atom. The van der Waals surface area contributed by atoms with Gasteiger partial charge in [0, 0.05) is 18.3 Å². The summed E-state index contributed by atoms with van der Waals surface area (Å²) in [6.07, 6.45) is -4.82. The van der Waals surface area contributed by atoms with E-state index >= 15 is 0 Å². The van der Waals surface area contributed by atoms with Gasteiger partial charge in [0.2, 0.25) is 5.91 Å². The molecule has 1 rings (SSSR count). The number of nitrogen functional groups attached to an aromatic ring is 1. The Labute approximate surface area is 158 Å². The maximum Gasteiger partial charge on any atom is 0.418 e. The molecule has 1 atom stereocenters. The second-order valence-electron chi connectivity index (χ2n) is 6.15. The predicted octanol–water partition coefficient (Wildman–Crippen LogP) is 3.01. The lowest BCUT2D eigenvalue weighted by Gasteiger charge is -2.35. The van der Waals surface area contributed by atoms with Crippen molar-refractivity contribution in [2.45, 2.75) is 32.0 Å². The van der Waals surface area contributed by atoms with Gasteiger partial charge in [-0.05, 0) is 25.1 Å². The molecule has 0 saturated heterocycles. The summed E-state index contributed by atoms with van der Waals surface area (Å²) in [4.78, 5) is 14.2. The van der Waals surface area contributed by atoms with Crippen molar-refractivity contribution in [2.75, 3.05) is 30.3 Å². The Bertz CT molecular complexity index is 775. The lowest BCUT2D eigenvalue weighted by atomic mass is 10.1. The maximum absolute atomic E-state index is 13.7. The van der Waals surface area contributed by atoms with Crippen molar-refractivity contribution in [1.82, 2.24) is 4.90 Å². The minimum atomic E-state index is -4.82. The molecule has 0 saturated carbocycles. The number of anilines is 2. The molecule has 2 N–H and O–H groups in total. The first-order valence-corrected chi connectivity index (χ1v) is 7.95. The van der Waals surface area contributed by atoms with Gasteiger partial charge in [-0.15, -0.1) is 0 Å². The fourth-order valence-corrected chi connectivity index (χ4v) is 2.50. The van der Waals surface area contributed by atoms with Crippen LogP contribution in [0.25, 0.3) is 0 Å². The third kappa shape index (κ3) is 5.98. The van der Waals surface area contributed by atoms with Crippen LogP contribution < -0.4 is 10.6 Å². The molecule has 0 aromatic heterocycles. The quantitative estimate of drug-likeness (QED) is 0.429. The number of hydrogen-bond donors (Lipinski definition) is 1. The van der Waals surface area contributed by atoms with Gasteiger partial charge >= 0.3 is 6.18 Å². The number of nitrogens with two attached hydrogens (primary N) is 1. The van der Waals surface area contributed by atoms with Gasteiger partial charge in [0.1, 0.15) is 19.1 Å². The first kappa shape index (κ1) is 23.0. The smallest absolute Gasteiger partial charge is 0.398 e. The number of amides is 1. The van der Waals surface area contributed by atoms with Gasteiger partial charge in [0.05, 0.1) is 24.2 Å². The molecular formula is C17H18F5N5O. The molecule has 11 heteroatoms. The van der Waals surface area contributed by atoms with Gasteiger partial charge in [-0.1, -0.05) is 0 Å². The molecule has 0 radical (unpaired) electrons. The summed E-state index contributed by atoms with van der Waals surface area (Å²) in [6, 6.07) is 4.58. The number of alkyl halides is 5. The number of rotatable bonds is 7. The zero-order valence-electron chi connectivity index (χ0n) is 15.1. The molecule has 0 aliphatic heterocycles. The summed E-state index contributed by atoms with van der Waals surface area (Å²) in [7, 11) is 0.